The lowest BCUT2D eigenvalue weighted by atomic mass is 9.62. The number of nitrogen functional groups attached to an aromatic ring is 2. The third kappa shape index (κ3) is 19.3. The van der Waals surface area contributed by atoms with Gasteiger partial charge in [-0.15, -0.1) is 0 Å². The molecule has 0 saturated heterocycles. The van der Waals surface area contributed by atoms with Crippen molar-refractivity contribution in [3.8, 4) is 0 Å². The maximum atomic E-state index is 11.7. The SMILES string of the molecule is CCN(c1ccc(C(=O)O)cn1)c1cc2c(cc1C)C(C)(C)CCC2(C)C.CCN(c1ccc(C(=O)OC)cn1)c1cc2c(cc1C)C(C)(C)CCC2(C)C.COC(=O)c1ccc(Cc2cc3c(cc2C)C(C)(C)CCC3(C)C)nc1.COC(=O)c1ccc(N)nc1N.Cc1cc2c(cc1Br)C(C)(C)CCC2(C)C. The maximum Gasteiger partial charge on any atom is 0.341 e. The van der Waals surface area contributed by atoms with Gasteiger partial charge in [0.15, 0.2) is 0 Å². The minimum atomic E-state index is -0.953. The van der Waals surface area contributed by atoms with Crippen LogP contribution in [-0.4, -0.2) is 83.3 Å². The highest BCUT2D eigenvalue weighted by Crippen LogP contribution is 2.52. The molecule has 0 bridgehead atoms. The number of nitrogens with zero attached hydrogens (tertiary/aromatic N) is 6. The van der Waals surface area contributed by atoms with Crippen LogP contribution in [0.15, 0.2) is 120 Å². The Hall–Kier alpha value is -8.96. The first-order chi connectivity index (χ1) is 50.7. The Morgan fingerprint density at radius 2 is 0.752 bits per heavy atom. The summed E-state index contributed by atoms with van der Waals surface area (Å²) < 4.78 is 15.2. The predicted octanol–water partition coefficient (Wildman–Crippen LogP) is 21.5. The van der Waals surface area contributed by atoms with Crippen molar-refractivity contribution in [1.29, 1.82) is 0 Å². The predicted molar refractivity (Wildman–Crippen MR) is 448 cm³/mol. The second-order valence-corrected chi connectivity index (χ2v) is 36.2. The summed E-state index contributed by atoms with van der Waals surface area (Å²) >= 11 is 3.66. The van der Waals surface area contributed by atoms with Crippen LogP contribution in [0.25, 0.3) is 0 Å². The summed E-state index contributed by atoms with van der Waals surface area (Å²) in [6.07, 6.45) is 15.2. The second-order valence-electron chi connectivity index (χ2n) is 35.4. The first-order valence-corrected chi connectivity index (χ1v) is 39.2. The van der Waals surface area contributed by atoms with Gasteiger partial charge in [0.2, 0.25) is 0 Å². The molecule has 12 rings (SSSR count). The van der Waals surface area contributed by atoms with E-state index in [9.17, 15) is 19.2 Å². The molecule has 0 unspecified atom stereocenters. The van der Waals surface area contributed by atoms with Crippen molar-refractivity contribution >= 4 is 74.5 Å². The number of fused-ring (bicyclic) bond motifs is 4. The number of aromatic carboxylic acids is 1. The number of hydrogen-bond acceptors (Lipinski definition) is 15. The molecule has 0 saturated carbocycles. The van der Waals surface area contributed by atoms with Gasteiger partial charge in [0.25, 0.3) is 0 Å². The summed E-state index contributed by atoms with van der Waals surface area (Å²) in [4.78, 5) is 66.8. The van der Waals surface area contributed by atoms with Gasteiger partial charge < -0.3 is 40.6 Å². The first-order valence-electron chi connectivity index (χ1n) is 38.4. The molecule has 0 radical (unpaired) electrons. The van der Waals surface area contributed by atoms with Crippen molar-refractivity contribution in [2.75, 3.05) is 55.7 Å². The minimum absolute atomic E-state index is 0.0850. The van der Waals surface area contributed by atoms with E-state index in [-0.39, 0.29) is 67.2 Å². The highest BCUT2D eigenvalue weighted by molar-refractivity contribution is 9.10. The van der Waals surface area contributed by atoms with E-state index in [1.54, 1.807) is 42.2 Å². The largest absolute Gasteiger partial charge is 0.478 e. The van der Waals surface area contributed by atoms with E-state index in [0.717, 1.165) is 42.5 Å². The number of hydrogen-bond donors (Lipinski definition) is 3. The average molecular weight is 1550 g/mol. The van der Waals surface area contributed by atoms with Crippen molar-refractivity contribution in [2.45, 2.75) is 253 Å². The third-order valence-electron chi connectivity index (χ3n) is 23.7. The number of carbonyl (C=O) groups excluding carboxylic acids is 3. The van der Waals surface area contributed by atoms with Crippen LogP contribution >= 0.6 is 15.9 Å². The lowest BCUT2D eigenvalue weighted by Crippen LogP contribution is -2.34. The van der Waals surface area contributed by atoms with Crippen LogP contribution in [0.5, 0.6) is 0 Å². The number of rotatable bonds is 12. The molecule has 4 heterocycles. The standard InChI is InChI=1S/C24H32N2O2.C23H30N2O2.C23H29NO2.C15H21Br.C7H9N3O2/c1-8-26(21-10-9-17(15-25-21)22(27)28-7)20-14-19-18(13-16(20)2)23(3,4)11-12-24(19,5)6;1-7-25(20-9-8-16(14-24-20)21(26)27)19-13-18-17(12-15(19)2)22(3,4)10-11-23(18,5)6;1-15-11-19-20(23(4,5)10-9-22(19,2)3)13-17(15)12-18-8-7-16(14-24-18)21(25)26-6;1-10-8-11-12(9-13(10)16)15(4,5)7-6-14(11,2)3;1-12-7(11)4-2-3-5(8)10-6(4)9/h9-10,13-15H,8,11-12H2,1-7H3;8-9,12-14H,7,10-11H2,1-6H3,(H,26,27);7-8,11,13-14H,9-10,12H2,1-6H3;8-9H,6-7H2,1-5H3;2-3H,1H3,(H4,8,9,10). The Morgan fingerprint density at radius 3 is 1.08 bits per heavy atom. The summed E-state index contributed by atoms with van der Waals surface area (Å²) in [6, 6.07) is 32.7. The van der Waals surface area contributed by atoms with Gasteiger partial charge >= 0.3 is 23.9 Å². The molecule has 4 aromatic heterocycles. The maximum absolute atomic E-state index is 11.7. The van der Waals surface area contributed by atoms with E-state index in [0.29, 0.717) is 22.0 Å². The molecule has 16 nitrogen and oxygen atoms in total. The Labute approximate surface area is 658 Å². The summed E-state index contributed by atoms with van der Waals surface area (Å²) in [5.41, 5.74) is 35.5. The smallest absolute Gasteiger partial charge is 0.341 e. The van der Waals surface area contributed by atoms with Crippen molar-refractivity contribution in [1.82, 2.24) is 19.9 Å². The molecule has 17 heteroatoms. The molecule has 0 aliphatic heterocycles. The highest BCUT2D eigenvalue weighted by atomic mass is 79.9. The van der Waals surface area contributed by atoms with E-state index in [4.69, 9.17) is 26.0 Å². The zero-order valence-corrected chi connectivity index (χ0v) is 71.4. The minimum Gasteiger partial charge on any atom is -0.478 e. The number of methoxy groups -OCH3 is 3. The molecule has 0 spiro atoms. The quantitative estimate of drug-likeness (QED) is 0.0763. The molecule has 5 N–H and O–H groups in total. The number of carboxylic acid groups (broad SMARTS) is 1. The second kappa shape index (κ2) is 33.3. The zero-order valence-electron chi connectivity index (χ0n) is 69.8. The fraction of sp³-hybridized carbons (Fsp3) is 0.478. The molecular weight excluding hydrogens is 1420 g/mol. The van der Waals surface area contributed by atoms with E-state index < -0.39 is 11.9 Å². The fourth-order valence-electron chi connectivity index (χ4n) is 15.8. The number of esters is 3. The fourth-order valence-corrected chi connectivity index (χ4v) is 16.1. The molecular formula is C92H121BrN8O8. The number of carboxylic acids is 1. The Bertz CT molecular complexity index is 4610. The highest BCUT2D eigenvalue weighted by Gasteiger charge is 2.42. The third-order valence-corrected chi connectivity index (χ3v) is 24.5. The molecule has 0 amide bonds. The first kappa shape index (κ1) is 85.6. The molecule has 0 atom stereocenters. The van der Waals surface area contributed by atoms with Crippen molar-refractivity contribution in [3.63, 3.8) is 0 Å². The average Bonchev–Trinajstić information content (AvgIpc) is 0.757. The number of ether oxygens (including phenoxy) is 3. The van der Waals surface area contributed by atoms with Crippen LogP contribution in [0.4, 0.5) is 34.6 Å². The lowest BCUT2D eigenvalue weighted by molar-refractivity contribution is 0.0591. The molecule has 4 aromatic carbocycles. The number of pyridine rings is 4. The van der Waals surface area contributed by atoms with Gasteiger partial charge in [-0.2, -0.15) is 0 Å². The summed E-state index contributed by atoms with van der Waals surface area (Å²) in [7, 11) is 4.04. The van der Waals surface area contributed by atoms with Gasteiger partial charge in [0.05, 0.1) is 38.0 Å². The van der Waals surface area contributed by atoms with Gasteiger partial charge in [-0.3, -0.25) is 4.98 Å². The number of nitrogens with two attached hydrogens (primary N) is 2. The Kier molecular flexibility index (Phi) is 26.2. The van der Waals surface area contributed by atoms with Crippen LogP contribution in [-0.2, 0) is 64.0 Å². The van der Waals surface area contributed by atoms with Crippen LogP contribution in [0.2, 0.25) is 0 Å². The van der Waals surface area contributed by atoms with E-state index in [1.165, 1.54) is 168 Å². The van der Waals surface area contributed by atoms with Crippen LogP contribution in [0, 0.1) is 27.7 Å². The number of benzene rings is 4. The monoisotopic (exact) mass is 1540 g/mol. The van der Waals surface area contributed by atoms with E-state index in [2.05, 4.69) is 251 Å². The summed E-state index contributed by atoms with van der Waals surface area (Å²) in [6.45, 7) is 52.1. The zero-order chi connectivity index (χ0) is 81.1. The number of anilines is 6. The van der Waals surface area contributed by atoms with Crippen molar-refractivity contribution in [2.24, 2.45) is 0 Å². The molecule has 8 aromatic rings. The van der Waals surface area contributed by atoms with Crippen LogP contribution in [0.3, 0.4) is 0 Å². The van der Waals surface area contributed by atoms with E-state index in [1.807, 2.05) is 12.1 Å². The van der Waals surface area contributed by atoms with Crippen molar-refractivity contribution < 1.29 is 38.5 Å². The van der Waals surface area contributed by atoms with Crippen molar-refractivity contribution in [3.05, 3.63) is 220 Å². The normalized spacial score (nSPS) is 17.0. The Morgan fingerprint density at radius 1 is 0.422 bits per heavy atom. The molecule has 0 fully saturated rings. The van der Waals surface area contributed by atoms with Gasteiger partial charge in [-0.05, 0) is 275 Å². The van der Waals surface area contributed by atoms with Crippen LogP contribution < -0.4 is 21.3 Å². The molecule has 109 heavy (non-hydrogen) atoms. The number of halogens is 1. The van der Waals surface area contributed by atoms with Gasteiger partial charge in [-0.25, -0.2) is 34.1 Å². The molecule has 4 aliphatic carbocycles. The van der Waals surface area contributed by atoms with Gasteiger partial charge in [0, 0.05) is 59.6 Å². The lowest BCUT2D eigenvalue weighted by Gasteiger charge is -2.43. The number of aromatic nitrogens is 4. The van der Waals surface area contributed by atoms with Gasteiger partial charge in [-0.1, -0.05) is 157 Å². The van der Waals surface area contributed by atoms with E-state index >= 15 is 0 Å². The summed E-state index contributed by atoms with van der Waals surface area (Å²) in [5.74, 6) is -0.202. The molecule has 584 valence electrons. The van der Waals surface area contributed by atoms with Crippen LogP contribution in [0.1, 0.15) is 295 Å². The number of aryl methyl sites for hydroxylation is 4. The molecule has 4 aliphatic rings. The summed E-state index contributed by atoms with van der Waals surface area (Å²) in [5, 5.41) is 9.12. The van der Waals surface area contributed by atoms with Gasteiger partial charge in [0.1, 0.15) is 28.8 Å². The topological polar surface area (TPSA) is 226 Å². The Balaban J connectivity index is 0.000000176. The number of carbonyl (C=O) groups is 4.